The zero-order valence-electron chi connectivity index (χ0n) is 10.9. The summed E-state index contributed by atoms with van der Waals surface area (Å²) in [6, 6.07) is 5.93. The highest BCUT2D eigenvalue weighted by Gasteiger charge is 2.33. The fourth-order valence-corrected chi connectivity index (χ4v) is 2.91. The molecule has 0 saturated carbocycles. The Morgan fingerprint density at radius 3 is 3.00 bits per heavy atom. The Bertz CT molecular complexity index is 537. The first kappa shape index (κ1) is 11.6. The lowest BCUT2D eigenvalue weighted by Gasteiger charge is -2.33. The molecule has 1 aliphatic carbocycles. The van der Waals surface area contributed by atoms with Crippen molar-refractivity contribution < 1.29 is 9.52 Å². The van der Waals surface area contributed by atoms with Gasteiger partial charge in [0, 0.05) is 17.5 Å². The molecule has 0 amide bonds. The first-order valence-corrected chi connectivity index (χ1v) is 6.43. The van der Waals surface area contributed by atoms with Crippen molar-refractivity contribution in [2.45, 2.75) is 39.3 Å². The third-order valence-electron chi connectivity index (χ3n) is 3.77. The van der Waals surface area contributed by atoms with Gasteiger partial charge in [-0.1, -0.05) is 13.8 Å². The molecule has 0 aromatic carbocycles. The van der Waals surface area contributed by atoms with Crippen LogP contribution in [0.2, 0.25) is 0 Å². The Balaban J connectivity index is 1.94. The van der Waals surface area contributed by atoms with Gasteiger partial charge in [-0.15, -0.1) is 0 Å². The first-order valence-electron chi connectivity index (χ1n) is 6.43. The Kier molecular flexibility index (Phi) is 2.59. The number of rotatable bonds is 2. The quantitative estimate of drug-likeness (QED) is 0.882. The Labute approximate surface area is 107 Å². The summed E-state index contributed by atoms with van der Waals surface area (Å²) in [4.78, 5) is 0. The second-order valence-electron chi connectivity index (χ2n) is 5.99. The van der Waals surface area contributed by atoms with Gasteiger partial charge in [0.05, 0.1) is 18.9 Å². The van der Waals surface area contributed by atoms with Crippen molar-refractivity contribution in [3.05, 3.63) is 47.7 Å². The molecule has 18 heavy (non-hydrogen) atoms. The third kappa shape index (κ3) is 1.99. The second kappa shape index (κ2) is 4.02. The summed E-state index contributed by atoms with van der Waals surface area (Å²) in [5, 5.41) is 10.2. The zero-order valence-corrected chi connectivity index (χ0v) is 10.9. The van der Waals surface area contributed by atoms with Gasteiger partial charge in [-0.05, 0) is 36.5 Å². The van der Waals surface area contributed by atoms with Crippen molar-refractivity contribution in [3.8, 4) is 0 Å². The number of aliphatic hydroxyl groups excluding tert-OH is 1. The van der Waals surface area contributed by atoms with Crippen LogP contribution in [0.25, 0.3) is 0 Å². The highest BCUT2D eigenvalue weighted by molar-refractivity contribution is 5.29. The summed E-state index contributed by atoms with van der Waals surface area (Å²) in [7, 11) is 0. The maximum Gasteiger partial charge on any atom is 0.123 e. The molecule has 2 aromatic rings. The van der Waals surface area contributed by atoms with Crippen molar-refractivity contribution >= 4 is 0 Å². The molecule has 1 aliphatic rings. The van der Waals surface area contributed by atoms with E-state index in [-0.39, 0.29) is 11.5 Å². The molecule has 0 bridgehead atoms. The zero-order chi connectivity index (χ0) is 12.8. The number of aromatic nitrogens is 1. The average Bonchev–Trinajstić information content (AvgIpc) is 2.88. The topological polar surface area (TPSA) is 38.3 Å². The van der Waals surface area contributed by atoms with Gasteiger partial charge in [-0.3, -0.25) is 0 Å². The number of hydrogen-bond acceptors (Lipinski definition) is 2. The summed E-state index contributed by atoms with van der Waals surface area (Å²) >= 11 is 0. The summed E-state index contributed by atoms with van der Waals surface area (Å²) in [5.41, 5.74) is 2.49. The molecule has 0 radical (unpaired) electrons. The van der Waals surface area contributed by atoms with Crippen LogP contribution < -0.4 is 0 Å². The van der Waals surface area contributed by atoms with E-state index in [2.05, 4.69) is 24.6 Å². The van der Waals surface area contributed by atoms with Crippen molar-refractivity contribution in [1.82, 2.24) is 4.57 Å². The number of nitrogens with zero attached hydrogens (tertiary/aromatic N) is 1. The number of aliphatic hydroxyl groups is 1. The fourth-order valence-electron chi connectivity index (χ4n) is 2.91. The van der Waals surface area contributed by atoms with Crippen molar-refractivity contribution in [3.63, 3.8) is 0 Å². The van der Waals surface area contributed by atoms with Crippen molar-refractivity contribution in [1.29, 1.82) is 0 Å². The van der Waals surface area contributed by atoms with Gasteiger partial charge in [0.25, 0.3) is 0 Å². The van der Waals surface area contributed by atoms with Crippen LogP contribution in [0, 0.1) is 5.41 Å². The highest BCUT2D eigenvalue weighted by Crippen LogP contribution is 2.41. The van der Waals surface area contributed by atoms with E-state index < -0.39 is 0 Å². The minimum absolute atomic E-state index is 0.158. The smallest absolute Gasteiger partial charge is 0.123 e. The van der Waals surface area contributed by atoms with Gasteiger partial charge >= 0.3 is 0 Å². The van der Waals surface area contributed by atoms with Gasteiger partial charge in [0.15, 0.2) is 0 Å². The number of fused-ring (bicyclic) bond motifs is 1. The normalized spacial score (nSPS) is 21.8. The largest absolute Gasteiger partial charge is 0.467 e. The van der Waals surface area contributed by atoms with Crippen LogP contribution in [0.3, 0.4) is 0 Å². The molecular formula is C15H19NO2. The lowest BCUT2D eigenvalue weighted by molar-refractivity contribution is 0.0980. The van der Waals surface area contributed by atoms with Gasteiger partial charge in [-0.2, -0.15) is 0 Å². The first-order chi connectivity index (χ1) is 8.55. The van der Waals surface area contributed by atoms with E-state index in [9.17, 15) is 5.11 Å². The Morgan fingerprint density at radius 1 is 1.44 bits per heavy atom. The molecular weight excluding hydrogens is 226 g/mol. The molecule has 3 nitrogen and oxygen atoms in total. The molecule has 0 spiro atoms. The van der Waals surface area contributed by atoms with Crippen LogP contribution in [-0.4, -0.2) is 9.67 Å². The van der Waals surface area contributed by atoms with Gasteiger partial charge < -0.3 is 14.1 Å². The second-order valence-corrected chi connectivity index (χ2v) is 5.99. The van der Waals surface area contributed by atoms with Crippen LogP contribution in [0.5, 0.6) is 0 Å². The molecule has 1 atom stereocenters. The van der Waals surface area contributed by atoms with E-state index in [0.29, 0.717) is 0 Å². The summed E-state index contributed by atoms with van der Waals surface area (Å²) in [6.45, 7) is 5.16. The summed E-state index contributed by atoms with van der Waals surface area (Å²) in [6.07, 6.45) is 5.27. The van der Waals surface area contributed by atoms with Crippen LogP contribution >= 0.6 is 0 Å². The Morgan fingerprint density at radius 2 is 2.28 bits per heavy atom. The van der Waals surface area contributed by atoms with E-state index in [1.807, 2.05) is 18.2 Å². The molecule has 96 valence electrons. The van der Waals surface area contributed by atoms with Gasteiger partial charge in [-0.25, -0.2) is 0 Å². The van der Waals surface area contributed by atoms with Crippen LogP contribution in [-0.2, 0) is 13.0 Å². The molecule has 0 fully saturated rings. The van der Waals surface area contributed by atoms with Crippen LogP contribution in [0.15, 0.2) is 35.1 Å². The molecule has 0 saturated heterocycles. The van der Waals surface area contributed by atoms with E-state index in [1.54, 1.807) is 6.26 Å². The highest BCUT2D eigenvalue weighted by atomic mass is 16.3. The fraction of sp³-hybridized carbons (Fsp3) is 0.467. The van der Waals surface area contributed by atoms with E-state index in [4.69, 9.17) is 4.42 Å². The molecule has 2 heterocycles. The standard InChI is InChI=1S/C15H19NO2/c1-15(2)8-13-12(14(17)9-15)5-6-16(13)10-11-4-3-7-18-11/h3-7,14,17H,8-10H2,1-2H3. The molecule has 3 rings (SSSR count). The average molecular weight is 245 g/mol. The molecule has 3 heteroatoms. The lowest BCUT2D eigenvalue weighted by Crippen LogP contribution is -2.26. The van der Waals surface area contributed by atoms with E-state index >= 15 is 0 Å². The maximum atomic E-state index is 10.2. The summed E-state index contributed by atoms with van der Waals surface area (Å²) in [5.74, 6) is 0.950. The lowest BCUT2D eigenvalue weighted by atomic mass is 9.75. The minimum Gasteiger partial charge on any atom is -0.467 e. The summed E-state index contributed by atoms with van der Waals surface area (Å²) < 4.78 is 7.59. The predicted octanol–water partition coefficient (Wildman–Crippen LogP) is 3.14. The minimum atomic E-state index is -0.332. The van der Waals surface area contributed by atoms with Crippen LogP contribution in [0.4, 0.5) is 0 Å². The van der Waals surface area contributed by atoms with Gasteiger partial charge in [0.2, 0.25) is 0 Å². The van der Waals surface area contributed by atoms with Crippen LogP contribution in [0.1, 0.15) is 43.4 Å². The SMILES string of the molecule is CC1(C)Cc2c(ccn2Cc2ccco2)C(O)C1. The third-order valence-corrected chi connectivity index (χ3v) is 3.77. The van der Waals surface area contributed by atoms with E-state index in [0.717, 1.165) is 30.7 Å². The molecule has 0 aliphatic heterocycles. The molecule has 1 N–H and O–H groups in total. The number of furan rings is 1. The molecule has 1 unspecified atom stereocenters. The van der Waals surface area contributed by atoms with Gasteiger partial charge in [0.1, 0.15) is 5.76 Å². The van der Waals surface area contributed by atoms with Crippen molar-refractivity contribution in [2.75, 3.05) is 0 Å². The Hall–Kier alpha value is -1.48. The van der Waals surface area contributed by atoms with E-state index in [1.165, 1.54) is 5.69 Å². The monoisotopic (exact) mass is 245 g/mol. The maximum absolute atomic E-state index is 10.2. The predicted molar refractivity (Wildman–Crippen MR) is 69.3 cm³/mol. The molecule has 2 aromatic heterocycles. The number of hydrogen-bond donors (Lipinski definition) is 1. The van der Waals surface area contributed by atoms with Crippen molar-refractivity contribution in [2.24, 2.45) is 5.41 Å².